The third kappa shape index (κ3) is 0.983. The molecule has 1 saturated heterocycles. The number of rotatable bonds is 0. The zero-order valence-electron chi connectivity index (χ0n) is 7.12. The number of carbonyl (C=O) groups excluding carboxylic acids is 1. The first-order chi connectivity index (χ1) is 5.83. The average molecular weight is 168 g/mol. The SMILES string of the molecule is COC1=NCC(=O)N2CCCC12. The van der Waals surface area contributed by atoms with Crippen molar-refractivity contribution in [3.63, 3.8) is 0 Å². The van der Waals surface area contributed by atoms with Gasteiger partial charge in [0.25, 0.3) is 0 Å². The Kier molecular flexibility index (Phi) is 1.75. The maximum Gasteiger partial charge on any atom is 0.245 e. The van der Waals surface area contributed by atoms with E-state index >= 15 is 0 Å². The molecular weight excluding hydrogens is 156 g/mol. The van der Waals surface area contributed by atoms with Crippen molar-refractivity contribution >= 4 is 11.8 Å². The molecule has 0 bridgehead atoms. The van der Waals surface area contributed by atoms with E-state index < -0.39 is 0 Å². The summed E-state index contributed by atoms with van der Waals surface area (Å²) in [6.45, 7) is 1.13. The number of hydrogen-bond acceptors (Lipinski definition) is 3. The Labute approximate surface area is 71.2 Å². The number of nitrogens with zero attached hydrogens (tertiary/aromatic N) is 2. The van der Waals surface area contributed by atoms with Gasteiger partial charge in [-0.3, -0.25) is 4.79 Å². The van der Waals surface area contributed by atoms with Gasteiger partial charge in [-0.1, -0.05) is 0 Å². The van der Waals surface area contributed by atoms with E-state index in [2.05, 4.69) is 4.99 Å². The third-order valence-electron chi connectivity index (χ3n) is 2.44. The lowest BCUT2D eigenvalue weighted by atomic mass is 10.2. The van der Waals surface area contributed by atoms with E-state index in [1.807, 2.05) is 4.90 Å². The van der Waals surface area contributed by atoms with Gasteiger partial charge in [-0.15, -0.1) is 0 Å². The zero-order chi connectivity index (χ0) is 8.55. The van der Waals surface area contributed by atoms with Gasteiger partial charge in [-0.05, 0) is 12.8 Å². The predicted molar refractivity (Wildman–Crippen MR) is 44.0 cm³/mol. The van der Waals surface area contributed by atoms with Crippen LogP contribution in [0.15, 0.2) is 4.99 Å². The van der Waals surface area contributed by atoms with Crippen molar-refractivity contribution in [3.8, 4) is 0 Å². The first-order valence-corrected chi connectivity index (χ1v) is 4.20. The fraction of sp³-hybridized carbons (Fsp3) is 0.750. The third-order valence-corrected chi connectivity index (χ3v) is 2.44. The summed E-state index contributed by atoms with van der Waals surface area (Å²) in [5.41, 5.74) is 0. The fourth-order valence-electron chi connectivity index (χ4n) is 1.86. The Morgan fingerprint density at radius 2 is 2.50 bits per heavy atom. The summed E-state index contributed by atoms with van der Waals surface area (Å²) in [4.78, 5) is 17.2. The van der Waals surface area contributed by atoms with Crippen molar-refractivity contribution in [3.05, 3.63) is 0 Å². The van der Waals surface area contributed by atoms with Crippen molar-refractivity contribution in [1.82, 2.24) is 4.90 Å². The van der Waals surface area contributed by atoms with Crippen LogP contribution in [0.5, 0.6) is 0 Å². The van der Waals surface area contributed by atoms with Gasteiger partial charge in [0.2, 0.25) is 11.8 Å². The van der Waals surface area contributed by atoms with Gasteiger partial charge < -0.3 is 9.64 Å². The number of amides is 1. The summed E-state index contributed by atoms with van der Waals surface area (Å²) in [5.74, 6) is 0.866. The number of fused-ring (bicyclic) bond motifs is 1. The summed E-state index contributed by atoms with van der Waals surface area (Å²) < 4.78 is 5.11. The predicted octanol–water partition coefficient (Wildman–Crippen LogP) is 0.0359. The Bertz CT molecular complexity index is 237. The van der Waals surface area contributed by atoms with Crippen molar-refractivity contribution in [1.29, 1.82) is 0 Å². The number of methoxy groups -OCH3 is 1. The van der Waals surface area contributed by atoms with Gasteiger partial charge in [0, 0.05) is 6.54 Å². The van der Waals surface area contributed by atoms with E-state index in [9.17, 15) is 4.79 Å². The maximum atomic E-state index is 11.3. The molecule has 2 aliphatic rings. The molecule has 0 spiro atoms. The topological polar surface area (TPSA) is 41.9 Å². The van der Waals surface area contributed by atoms with E-state index in [4.69, 9.17) is 4.74 Å². The highest BCUT2D eigenvalue weighted by molar-refractivity contribution is 5.93. The average Bonchev–Trinajstić information content (AvgIpc) is 2.54. The van der Waals surface area contributed by atoms with E-state index in [0.717, 1.165) is 25.3 Å². The van der Waals surface area contributed by atoms with Gasteiger partial charge in [-0.25, -0.2) is 4.99 Å². The summed E-state index contributed by atoms with van der Waals surface area (Å²) in [6.07, 6.45) is 2.07. The molecule has 0 saturated carbocycles. The molecule has 1 unspecified atom stereocenters. The quantitative estimate of drug-likeness (QED) is 0.512. The number of ether oxygens (including phenoxy) is 1. The lowest BCUT2D eigenvalue weighted by Crippen LogP contribution is -2.46. The van der Waals surface area contributed by atoms with Gasteiger partial charge in [0.05, 0.1) is 7.11 Å². The smallest absolute Gasteiger partial charge is 0.245 e. The minimum Gasteiger partial charge on any atom is -0.483 e. The van der Waals surface area contributed by atoms with Crippen LogP contribution in [0.1, 0.15) is 12.8 Å². The van der Waals surface area contributed by atoms with Gasteiger partial charge in [-0.2, -0.15) is 0 Å². The van der Waals surface area contributed by atoms with E-state index in [1.54, 1.807) is 7.11 Å². The van der Waals surface area contributed by atoms with Crippen LogP contribution in [0.4, 0.5) is 0 Å². The highest BCUT2D eigenvalue weighted by Gasteiger charge is 2.35. The van der Waals surface area contributed by atoms with Crippen LogP contribution in [0.25, 0.3) is 0 Å². The number of carbonyl (C=O) groups is 1. The molecule has 1 atom stereocenters. The molecule has 0 N–H and O–H groups in total. The first-order valence-electron chi connectivity index (χ1n) is 4.20. The summed E-state index contributed by atoms with van der Waals surface area (Å²) in [6, 6.07) is 0.135. The largest absolute Gasteiger partial charge is 0.483 e. The molecule has 0 aromatic carbocycles. The summed E-state index contributed by atoms with van der Waals surface area (Å²) >= 11 is 0. The van der Waals surface area contributed by atoms with Crippen LogP contribution < -0.4 is 0 Å². The van der Waals surface area contributed by atoms with E-state index in [1.165, 1.54) is 0 Å². The lowest BCUT2D eigenvalue weighted by Gasteiger charge is -2.28. The molecule has 2 aliphatic heterocycles. The highest BCUT2D eigenvalue weighted by Crippen LogP contribution is 2.21. The van der Waals surface area contributed by atoms with E-state index in [0.29, 0.717) is 0 Å². The normalized spacial score (nSPS) is 28.4. The Hall–Kier alpha value is -1.06. The van der Waals surface area contributed by atoms with E-state index in [-0.39, 0.29) is 18.5 Å². The van der Waals surface area contributed by atoms with Crippen molar-refractivity contribution in [2.45, 2.75) is 18.9 Å². The molecule has 4 nitrogen and oxygen atoms in total. The highest BCUT2D eigenvalue weighted by atomic mass is 16.5. The van der Waals surface area contributed by atoms with Gasteiger partial charge in [0.15, 0.2) is 0 Å². The first kappa shape index (κ1) is 7.58. The van der Waals surface area contributed by atoms with Crippen LogP contribution in [-0.4, -0.2) is 42.9 Å². The summed E-state index contributed by atoms with van der Waals surface area (Å²) in [7, 11) is 1.62. The molecule has 0 radical (unpaired) electrons. The lowest BCUT2D eigenvalue weighted by molar-refractivity contribution is -0.130. The number of aliphatic imine (C=N–C) groups is 1. The van der Waals surface area contributed by atoms with Crippen LogP contribution >= 0.6 is 0 Å². The van der Waals surface area contributed by atoms with Gasteiger partial charge >= 0.3 is 0 Å². The molecule has 1 amide bonds. The number of hydrogen-bond donors (Lipinski definition) is 0. The molecule has 12 heavy (non-hydrogen) atoms. The molecule has 2 rings (SSSR count). The second-order valence-electron chi connectivity index (χ2n) is 3.10. The fourth-order valence-corrected chi connectivity index (χ4v) is 1.86. The molecule has 0 aromatic heterocycles. The molecule has 1 fully saturated rings. The summed E-state index contributed by atoms with van der Waals surface area (Å²) in [5, 5.41) is 0. The zero-order valence-corrected chi connectivity index (χ0v) is 7.12. The van der Waals surface area contributed by atoms with Crippen LogP contribution in [0, 0.1) is 0 Å². The Morgan fingerprint density at radius 1 is 1.67 bits per heavy atom. The maximum absolute atomic E-state index is 11.3. The standard InChI is InChI=1S/C8H12N2O2/c1-12-8-6-3-2-4-10(6)7(11)5-9-8/h6H,2-5H2,1H3. The molecule has 2 heterocycles. The minimum atomic E-state index is 0.135. The second kappa shape index (κ2) is 2.77. The molecule has 4 heteroatoms. The molecule has 0 aromatic rings. The van der Waals surface area contributed by atoms with Gasteiger partial charge in [0.1, 0.15) is 12.6 Å². The van der Waals surface area contributed by atoms with Crippen LogP contribution in [-0.2, 0) is 9.53 Å². The minimum absolute atomic E-state index is 0.135. The van der Waals surface area contributed by atoms with Crippen molar-refractivity contribution < 1.29 is 9.53 Å². The molecule has 66 valence electrons. The molecule has 0 aliphatic carbocycles. The van der Waals surface area contributed by atoms with Crippen molar-refractivity contribution in [2.24, 2.45) is 4.99 Å². The monoisotopic (exact) mass is 168 g/mol. The second-order valence-corrected chi connectivity index (χ2v) is 3.10. The Morgan fingerprint density at radius 3 is 3.25 bits per heavy atom. The van der Waals surface area contributed by atoms with Crippen LogP contribution in [0.2, 0.25) is 0 Å². The Balaban J connectivity index is 2.23. The van der Waals surface area contributed by atoms with Crippen LogP contribution in [0.3, 0.4) is 0 Å². The molecular formula is C8H12N2O2. The van der Waals surface area contributed by atoms with Crippen molar-refractivity contribution in [2.75, 3.05) is 20.2 Å².